The third-order valence-electron chi connectivity index (χ3n) is 3.35. The molecule has 2 heterocycles. The first kappa shape index (κ1) is 11.7. The molecule has 0 atom stereocenters. The zero-order chi connectivity index (χ0) is 13.6. The number of carbonyl (C=O) groups is 2. The van der Waals surface area contributed by atoms with Crippen molar-refractivity contribution in [1.82, 2.24) is 20.0 Å². The van der Waals surface area contributed by atoms with E-state index in [1.807, 2.05) is 19.1 Å². The van der Waals surface area contributed by atoms with E-state index in [2.05, 4.69) is 10.2 Å². The van der Waals surface area contributed by atoms with E-state index in [9.17, 15) is 9.59 Å². The SMILES string of the molecule is Cc1cc(C(=O)N2CC(=O)N(C)C2)c2[nH]ncc2c1. The second kappa shape index (κ2) is 4.08. The van der Waals surface area contributed by atoms with Gasteiger partial charge in [0.05, 0.1) is 23.9 Å². The number of carbonyl (C=O) groups excluding carboxylic acids is 2. The summed E-state index contributed by atoms with van der Waals surface area (Å²) in [4.78, 5) is 27.1. The Balaban J connectivity index is 2.02. The van der Waals surface area contributed by atoms with Gasteiger partial charge in [0.1, 0.15) is 6.54 Å². The van der Waals surface area contributed by atoms with E-state index in [4.69, 9.17) is 0 Å². The zero-order valence-corrected chi connectivity index (χ0v) is 10.8. The van der Waals surface area contributed by atoms with Crippen molar-refractivity contribution in [3.63, 3.8) is 0 Å². The number of hydrogen-bond donors (Lipinski definition) is 1. The van der Waals surface area contributed by atoms with E-state index < -0.39 is 0 Å². The molecule has 1 aromatic heterocycles. The van der Waals surface area contributed by atoms with Crippen molar-refractivity contribution in [3.8, 4) is 0 Å². The maximum Gasteiger partial charge on any atom is 0.257 e. The van der Waals surface area contributed by atoms with Crippen LogP contribution in [0.1, 0.15) is 15.9 Å². The Morgan fingerprint density at radius 2 is 2.21 bits per heavy atom. The minimum absolute atomic E-state index is 0.0399. The van der Waals surface area contributed by atoms with Crippen LogP contribution in [-0.4, -0.2) is 52.1 Å². The molecule has 0 saturated carbocycles. The normalized spacial score (nSPS) is 15.6. The van der Waals surface area contributed by atoms with Gasteiger partial charge >= 0.3 is 0 Å². The van der Waals surface area contributed by atoms with Crippen molar-refractivity contribution < 1.29 is 9.59 Å². The smallest absolute Gasteiger partial charge is 0.257 e. The van der Waals surface area contributed by atoms with Gasteiger partial charge in [-0.05, 0) is 24.6 Å². The summed E-state index contributed by atoms with van der Waals surface area (Å²) in [6.45, 7) is 2.41. The Bertz CT molecular complexity index is 676. The number of fused-ring (bicyclic) bond motifs is 1. The van der Waals surface area contributed by atoms with Crippen LogP contribution in [0.25, 0.3) is 10.9 Å². The minimum Gasteiger partial charge on any atom is -0.326 e. The van der Waals surface area contributed by atoms with Gasteiger partial charge in [-0.1, -0.05) is 0 Å². The molecule has 6 nitrogen and oxygen atoms in total. The van der Waals surface area contributed by atoms with Crippen LogP contribution in [-0.2, 0) is 4.79 Å². The third kappa shape index (κ3) is 1.85. The first-order chi connectivity index (χ1) is 9.06. The van der Waals surface area contributed by atoms with Crippen LogP contribution in [0.3, 0.4) is 0 Å². The second-order valence-corrected chi connectivity index (χ2v) is 4.88. The summed E-state index contributed by atoms with van der Waals surface area (Å²) >= 11 is 0. The van der Waals surface area contributed by atoms with Crippen LogP contribution in [0.4, 0.5) is 0 Å². The highest BCUT2D eigenvalue weighted by Gasteiger charge is 2.29. The molecule has 2 aromatic rings. The Kier molecular flexibility index (Phi) is 2.51. The Hall–Kier alpha value is -2.37. The first-order valence-electron chi connectivity index (χ1n) is 6.03. The molecular formula is C13H14N4O2. The summed E-state index contributed by atoms with van der Waals surface area (Å²) in [7, 11) is 1.69. The number of benzene rings is 1. The number of aryl methyl sites for hydroxylation is 1. The van der Waals surface area contributed by atoms with E-state index in [0.717, 1.165) is 16.5 Å². The molecule has 1 aliphatic rings. The lowest BCUT2D eigenvalue weighted by Gasteiger charge is -2.15. The second-order valence-electron chi connectivity index (χ2n) is 4.88. The van der Waals surface area contributed by atoms with Gasteiger partial charge in [0.15, 0.2) is 0 Å². The van der Waals surface area contributed by atoms with Crippen molar-refractivity contribution in [2.75, 3.05) is 20.3 Å². The lowest BCUT2D eigenvalue weighted by Crippen LogP contribution is -2.30. The first-order valence-corrected chi connectivity index (χ1v) is 6.03. The molecule has 6 heteroatoms. The quantitative estimate of drug-likeness (QED) is 0.820. The number of nitrogens with zero attached hydrogens (tertiary/aromatic N) is 3. The van der Waals surface area contributed by atoms with Gasteiger partial charge in [0.25, 0.3) is 5.91 Å². The number of nitrogens with one attached hydrogen (secondary N) is 1. The molecule has 1 aliphatic heterocycles. The predicted molar refractivity (Wildman–Crippen MR) is 69.5 cm³/mol. The van der Waals surface area contributed by atoms with E-state index in [-0.39, 0.29) is 18.4 Å². The molecule has 1 fully saturated rings. The molecule has 19 heavy (non-hydrogen) atoms. The standard InChI is InChI=1S/C13H14N4O2/c1-8-3-9-5-14-15-12(9)10(4-8)13(19)17-6-11(18)16(2)7-17/h3-5H,6-7H2,1-2H3,(H,14,15). The van der Waals surface area contributed by atoms with E-state index in [0.29, 0.717) is 12.2 Å². The van der Waals surface area contributed by atoms with Crippen LogP contribution in [0.15, 0.2) is 18.3 Å². The number of H-pyrrole nitrogens is 1. The highest BCUT2D eigenvalue weighted by Crippen LogP contribution is 2.21. The largest absolute Gasteiger partial charge is 0.326 e. The van der Waals surface area contributed by atoms with Gasteiger partial charge in [0.2, 0.25) is 5.91 Å². The average Bonchev–Trinajstić information content (AvgIpc) is 2.95. The summed E-state index contributed by atoms with van der Waals surface area (Å²) in [6, 6.07) is 3.79. The summed E-state index contributed by atoms with van der Waals surface area (Å²) in [5.74, 6) is -0.183. The number of aromatic amines is 1. The molecule has 1 aromatic carbocycles. The minimum atomic E-state index is -0.143. The van der Waals surface area contributed by atoms with Gasteiger partial charge < -0.3 is 9.80 Å². The van der Waals surface area contributed by atoms with Crippen molar-refractivity contribution in [3.05, 3.63) is 29.5 Å². The molecule has 3 rings (SSSR count). The molecule has 0 unspecified atom stereocenters. The van der Waals surface area contributed by atoms with Gasteiger partial charge in [-0.25, -0.2) is 0 Å². The van der Waals surface area contributed by atoms with Crippen molar-refractivity contribution in [2.45, 2.75) is 6.92 Å². The zero-order valence-electron chi connectivity index (χ0n) is 10.8. The van der Waals surface area contributed by atoms with Crippen molar-refractivity contribution >= 4 is 22.7 Å². The number of likely N-dealkylation sites (N-methyl/N-ethyl adjacent to an activating group) is 1. The highest BCUT2D eigenvalue weighted by molar-refractivity contribution is 6.07. The topological polar surface area (TPSA) is 69.3 Å². The lowest BCUT2D eigenvalue weighted by molar-refractivity contribution is -0.125. The molecule has 2 amide bonds. The molecule has 0 spiro atoms. The van der Waals surface area contributed by atoms with Gasteiger partial charge in [-0.2, -0.15) is 5.10 Å². The van der Waals surface area contributed by atoms with Crippen LogP contribution in [0.2, 0.25) is 0 Å². The third-order valence-corrected chi connectivity index (χ3v) is 3.35. The van der Waals surface area contributed by atoms with E-state index in [1.54, 1.807) is 13.2 Å². The molecule has 0 aliphatic carbocycles. The van der Waals surface area contributed by atoms with E-state index in [1.165, 1.54) is 9.80 Å². The van der Waals surface area contributed by atoms with Gasteiger partial charge in [0, 0.05) is 12.4 Å². The fourth-order valence-corrected chi connectivity index (χ4v) is 2.35. The number of aromatic nitrogens is 2. The number of rotatable bonds is 1. The fraction of sp³-hybridized carbons (Fsp3) is 0.308. The average molecular weight is 258 g/mol. The van der Waals surface area contributed by atoms with Gasteiger partial charge in [-0.15, -0.1) is 0 Å². The van der Waals surface area contributed by atoms with Crippen molar-refractivity contribution in [2.24, 2.45) is 0 Å². The predicted octanol–water partition coefficient (Wildman–Crippen LogP) is 0.743. The summed E-state index contributed by atoms with van der Waals surface area (Å²) in [5.41, 5.74) is 2.28. The Labute approximate surface area is 110 Å². The monoisotopic (exact) mass is 258 g/mol. The van der Waals surface area contributed by atoms with Crippen LogP contribution in [0, 0.1) is 6.92 Å². The maximum atomic E-state index is 12.5. The van der Waals surface area contributed by atoms with E-state index >= 15 is 0 Å². The van der Waals surface area contributed by atoms with Crippen LogP contribution >= 0.6 is 0 Å². The summed E-state index contributed by atoms with van der Waals surface area (Å²) in [6.07, 6.45) is 1.69. The Morgan fingerprint density at radius 1 is 1.42 bits per heavy atom. The molecule has 1 saturated heterocycles. The van der Waals surface area contributed by atoms with Crippen LogP contribution in [0.5, 0.6) is 0 Å². The van der Waals surface area contributed by atoms with Crippen molar-refractivity contribution in [1.29, 1.82) is 0 Å². The number of hydrogen-bond acceptors (Lipinski definition) is 3. The molecule has 0 radical (unpaired) electrons. The highest BCUT2D eigenvalue weighted by atomic mass is 16.2. The molecule has 0 bridgehead atoms. The fourth-order valence-electron chi connectivity index (χ4n) is 2.35. The number of amides is 2. The Morgan fingerprint density at radius 3 is 2.89 bits per heavy atom. The molecule has 1 N–H and O–H groups in total. The molecular weight excluding hydrogens is 244 g/mol. The van der Waals surface area contributed by atoms with Gasteiger partial charge in [-0.3, -0.25) is 14.7 Å². The summed E-state index contributed by atoms with van der Waals surface area (Å²) < 4.78 is 0. The summed E-state index contributed by atoms with van der Waals surface area (Å²) in [5, 5.41) is 7.72. The van der Waals surface area contributed by atoms with Crippen LogP contribution < -0.4 is 0 Å². The lowest BCUT2D eigenvalue weighted by atomic mass is 10.1. The molecule has 98 valence electrons. The maximum absolute atomic E-state index is 12.5.